The molecule has 2 aromatic rings. The second-order valence-electron chi connectivity index (χ2n) is 4.65. The maximum absolute atomic E-state index is 4.61. The fourth-order valence-electron chi connectivity index (χ4n) is 1.82. The van der Waals surface area contributed by atoms with Gasteiger partial charge in [0.15, 0.2) is 0 Å². The van der Waals surface area contributed by atoms with E-state index in [0.717, 1.165) is 27.2 Å². The van der Waals surface area contributed by atoms with Crippen molar-refractivity contribution < 1.29 is 0 Å². The van der Waals surface area contributed by atoms with E-state index in [4.69, 9.17) is 0 Å². The molecule has 0 unspecified atom stereocenters. The average Bonchev–Trinajstić information content (AvgIpc) is 3.17. The largest absolute Gasteiger partial charge is 0.351 e. The van der Waals surface area contributed by atoms with Crippen LogP contribution in [0.2, 0.25) is 0 Å². The first-order chi connectivity index (χ1) is 8.72. The van der Waals surface area contributed by atoms with E-state index in [-0.39, 0.29) is 0 Å². The Kier molecular flexibility index (Phi) is 3.04. The van der Waals surface area contributed by atoms with Crippen molar-refractivity contribution in [3.8, 4) is 11.3 Å². The summed E-state index contributed by atoms with van der Waals surface area (Å²) in [7, 11) is 0. The zero-order valence-corrected chi connectivity index (χ0v) is 11.7. The summed E-state index contributed by atoms with van der Waals surface area (Å²) in [5.41, 5.74) is 3.22. The molecule has 0 amide bonds. The summed E-state index contributed by atoms with van der Waals surface area (Å²) in [5.74, 6) is 0.737. The van der Waals surface area contributed by atoms with E-state index in [9.17, 15) is 0 Å². The van der Waals surface area contributed by atoms with Crippen LogP contribution in [0.25, 0.3) is 11.3 Å². The number of anilines is 1. The summed E-state index contributed by atoms with van der Waals surface area (Å²) >= 11 is 3.45. The Hall–Kier alpha value is -1.42. The van der Waals surface area contributed by atoms with Crippen LogP contribution in [0.15, 0.2) is 34.9 Å². The highest BCUT2D eigenvalue weighted by molar-refractivity contribution is 9.10. The minimum atomic E-state index is 0.575. The van der Waals surface area contributed by atoms with Gasteiger partial charge in [0.1, 0.15) is 0 Å². The van der Waals surface area contributed by atoms with Gasteiger partial charge in [0.05, 0.1) is 5.69 Å². The van der Waals surface area contributed by atoms with E-state index in [1.807, 2.05) is 25.3 Å². The Morgan fingerprint density at radius 3 is 2.61 bits per heavy atom. The second kappa shape index (κ2) is 4.69. The van der Waals surface area contributed by atoms with E-state index in [0.29, 0.717) is 6.04 Å². The molecular formula is C14H14BrN3. The van der Waals surface area contributed by atoms with Crippen LogP contribution < -0.4 is 5.32 Å². The Balaban J connectivity index is 1.95. The first-order valence-corrected chi connectivity index (χ1v) is 6.88. The van der Waals surface area contributed by atoms with Crippen LogP contribution >= 0.6 is 15.9 Å². The lowest BCUT2D eigenvalue weighted by molar-refractivity contribution is 1.04. The molecule has 0 saturated heterocycles. The quantitative estimate of drug-likeness (QED) is 0.937. The van der Waals surface area contributed by atoms with Gasteiger partial charge in [-0.2, -0.15) is 0 Å². The third-order valence-corrected chi connectivity index (χ3v) is 3.53. The predicted molar refractivity (Wildman–Crippen MR) is 76.5 cm³/mol. The molecule has 1 N–H and O–H groups in total. The fraction of sp³-hybridized carbons (Fsp3) is 0.286. The van der Waals surface area contributed by atoms with Crippen LogP contribution in [-0.2, 0) is 0 Å². The first kappa shape index (κ1) is 11.7. The number of aromatic nitrogens is 2. The molecule has 0 atom stereocenters. The topological polar surface area (TPSA) is 37.8 Å². The molecule has 1 aromatic heterocycles. The number of halogens is 1. The minimum Gasteiger partial charge on any atom is -0.351 e. The molecule has 92 valence electrons. The molecule has 1 aliphatic rings. The van der Waals surface area contributed by atoms with Crippen LogP contribution in [0.1, 0.15) is 18.4 Å². The third-order valence-electron chi connectivity index (χ3n) is 3.00. The van der Waals surface area contributed by atoms with Gasteiger partial charge >= 0.3 is 0 Å². The number of nitrogens with one attached hydrogen (secondary N) is 1. The zero-order chi connectivity index (χ0) is 12.5. The van der Waals surface area contributed by atoms with Crippen molar-refractivity contribution >= 4 is 21.9 Å². The molecule has 0 radical (unpaired) electrons. The predicted octanol–water partition coefficient (Wildman–Crippen LogP) is 3.79. The van der Waals surface area contributed by atoms with Gasteiger partial charge in [-0.05, 0) is 37.5 Å². The van der Waals surface area contributed by atoms with Gasteiger partial charge in [-0.1, -0.05) is 28.1 Å². The highest BCUT2D eigenvalue weighted by Crippen LogP contribution is 2.26. The fourth-order valence-corrected chi connectivity index (χ4v) is 2.09. The van der Waals surface area contributed by atoms with Gasteiger partial charge in [0.2, 0.25) is 5.95 Å². The van der Waals surface area contributed by atoms with Crippen molar-refractivity contribution in [3.63, 3.8) is 0 Å². The standard InChI is InChI=1S/C14H14BrN3/c1-9-8-16-14(17-12-6-7-12)18-13(9)10-2-4-11(15)5-3-10/h2-5,8,12H,6-7H2,1H3,(H,16,17,18). The molecule has 0 spiro atoms. The van der Waals surface area contributed by atoms with Crippen molar-refractivity contribution in [1.29, 1.82) is 0 Å². The molecule has 1 aliphatic carbocycles. The summed E-state index contributed by atoms with van der Waals surface area (Å²) in [5, 5.41) is 3.33. The van der Waals surface area contributed by atoms with E-state index in [1.165, 1.54) is 12.8 Å². The molecule has 0 aliphatic heterocycles. The summed E-state index contributed by atoms with van der Waals surface area (Å²) in [6.07, 6.45) is 4.34. The van der Waals surface area contributed by atoms with Gasteiger partial charge in [0, 0.05) is 22.3 Å². The normalized spacial score (nSPS) is 14.6. The lowest BCUT2D eigenvalue weighted by Gasteiger charge is -2.08. The Morgan fingerprint density at radius 1 is 1.22 bits per heavy atom. The highest BCUT2D eigenvalue weighted by atomic mass is 79.9. The molecule has 1 heterocycles. The summed E-state index contributed by atoms with van der Waals surface area (Å²) in [6, 6.07) is 8.78. The molecule has 1 saturated carbocycles. The lowest BCUT2D eigenvalue weighted by atomic mass is 10.1. The maximum atomic E-state index is 4.61. The van der Waals surface area contributed by atoms with Crippen molar-refractivity contribution in [1.82, 2.24) is 9.97 Å². The van der Waals surface area contributed by atoms with Crippen molar-refractivity contribution in [2.75, 3.05) is 5.32 Å². The van der Waals surface area contributed by atoms with E-state index in [1.54, 1.807) is 0 Å². The number of nitrogens with zero attached hydrogens (tertiary/aromatic N) is 2. The van der Waals surface area contributed by atoms with Crippen LogP contribution in [0.4, 0.5) is 5.95 Å². The smallest absolute Gasteiger partial charge is 0.223 e. The minimum absolute atomic E-state index is 0.575. The van der Waals surface area contributed by atoms with E-state index >= 15 is 0 Å². The van der Waals surface area contributed by atoms with Crippen LogP contribution in [0, 0.1) is 6.92 Å². The lowest BCUT2D eigenvalue weighted by Crippen LogP contribution is -2.06. The number of aryl methyl sites for hydroxylation is 1. The highest BCUT2D eigenvalue weighted by Gasteiger charge is 2.22. The zero-order valence-electron chi connectivity index (χ0n) is 10.2. The number of benzene rings is 1. The third kappa shape index (κ3) is 2.53. The van der Waals surface area contributed by atoms with Gasteiger partial charge in [-0.15, -0.1) is 0 Å². The number of rotatable bonds is 3. The van der Waals surface area contributed by atoms with Gasteiger partial charge in [-0.3, -0.25) is 0 Å². The molecule has 3 rings (SSSR count). The monoisotopic (exact) mass is 303 g/mol. The number of hydrogen-bond acceptors (Lipinski definition) is 3. The molecule has 3 nitrogen and oxygen atoms in total. The second-order valence-corrected chi connectivity index (χ2v) is 5.57. The molecular weight excluding hydrogens is 290 g/mol. The molecule has 4 heteroatoms. The average molecular weight is 304 g/mol. The molecule has 1 aromatic carbocycles. The van der Waals surface area contributed by atoms with E-state index in [2.05, 4.69) is 43.3 Å². The van der Waals surface area contributed by atoms with Crippen LogP contribution in [0.3, 0.4) is 0 Å². The molecule has 1 fully saturated rings. The van der Waals surface area contributed by atoms with Crippen molar-refractivity contribution in [2.45, 2.75) is 25.8 Å². The van der Waals surface area contributed by atoms with Gasteiger partial charge in [-0.25, -0.2) is 9.97 Å². The first-order valence-electron chi connectivity index (χ1n) is 6.08. The maximum Gasteiger partial charge on any atom is 0.223 e. The summed E-state index contributed by atoms with van der Waals surface area (Å²) in [6.45, 7) is 2.04. The van der Waals surface area contributed by atoms with E-state index < -0.39 is 0 Å². The SMILES string of the molecule is Cc1cnc(NC2CC2)nc1-c1ccc(Br)cc1. The van der Waals surface area contributed by atoms with Gasteiger partial charge < -0.3 is 5.32 Å². The Bertz CT molecular complexity index is 562. The molecule has 0 bridgehead atoms. The summed E-state index contributed by atoms with van der Waals surface area (Å²) in [4.78, 5) is 8.95. The molecule has 18 heavy (non-hydrogen) atoms. The Labute approximate surface area is 115 Å². The van der Waals surface area contributed by atoms with Crippen LogP contribution in [0.5, 0.6) is 0 Å². The van der Waals surface area contributed by atoms with Crippen molar-refractivity contribution in [2.24, 2.45) is 0 Å². The Morgan fingerprint density at radius 2 is 1.94 bits per heavy atom. The van der Waals surface area contributed by atoms with Crippen LogP contribution in [-0.4, -0.2) is 16.0 Å². The van der Waals surface area contributed by atoms with Gasteiger partial charge in [0.25, 0.3) is 0 Å². The van der Waals surface area contributed by atoms with Crippen molar-refractivity contribution in [3.05, 3.63) is 40.5 Å². The number of hydrogen-bond donors (Lipinski definition) is 1. The summed E-state index contributed by atoms with van der Waals surface area (Å²) < 4.78 is 1.08.